The molecule has 1 aliphatic rings. The molecule has 1 rings (SSSR count). The van der Waals surface area contributed by atoms with Gasteiger partial charge in [0.05, 0.1) is 11.1 Å². The molecule has 0 spiro atoms. The largest absolute Gasteiger partial charge is 0.280 e. The van der Waals surface area contributed by atoms with Crippen molar-refractivity contribution in [2.75, 3.05) is 7.05 Å². The molecular formula is C11H19N2+. The highest BCUT2D eigenvalue weighted by Crippen LogP contribution is 2.43. The minimum Gasteiger partial charge on any atom is -0.229 e. The third kappa shape index (κ3) is 1.01. The number of aliphatic imine (C=N–C) groups is 1. The van der Waals surface area contributed by atoms with Gasteiger partial charge in [0.2, 0.25) is 0 Å². The molecule has 0 aromatic carbocycles. The zero-order valence-corrected chi connectivity index (χ0v) is 9.26. The molecule has 13 heavy (non-hydrogen) atoms. The van der Waals surface area contributed by atoms with Crippen molar-refractivity contribution in [1.82, 2.24) is 0 Å². The van der Waals surface area contributed by atoms with E-state index in [-0.39, 0.29) is 11.0 Å². The number of hydrogen-bond donors (Lipinski definition) is 0. The fraction of sp³-hybridized carbons (Fsp3) is 0.636. The van der Waals surface area contributed by atoms with Gasteiger partial charge in [-0.1, -0.05) is 11.6 Å². The molecule has 1 aliphatic heterocycles. The Balaban J connectivity index is 3.22. The smallest absolute Gasteiger partial charge is 0.229 e. The first kappa shape index (κ1) is 10.2. The predicted octanol–water partition coefficient (Wildman–Crippen LogP) is 2.10. The summed E-state index contributed by atoms with van der Waals surface area (Å²) in [7, 11) is 1.79. The molecule has 1 unspecified atom stereocenters. The molecule has 1 heterocycles. The zero-order chi connectivity index (χ0) is 10.3. The SMILES string of the molecule is C=CC1(C)[N+](/C=N\C)=C(C)C1(C)C. The van der Waals surface area contributed by atoms with E-state index < -0.39 is 0 Å². The molecule has 2 heteroatoms. The van der Waals surface area contributed by atoms with Crippen LogP contribution < -0.4 is 0 Å². The lowest BCUT2D eigenvalue weighted by atomic mass is 9.64. The van der Waals surface area contributed by atoms with Crippen molar-refractivity contribution in [2.45, 2.75) is 33.2 Å². The van der Waals surface area contributed by atoms with Gasteiger partial charge in [0.15, 0.2) is 0 Å². The summed E-state index contributed by atoms with van der Waals surface area (Å²) < 4.78 is 2.18. The van der Waals surface area contributed by atoms with Crippen LogP contribution in [0.5, 0.6) is 0 Å². The molecule has 0 saturated carbocycles. The molecule has 2 nitrogen and oxygen atoms in total. The van der Waals surface area contributed by atoms with Crippen LogP contribution >= 0.6 is 0 Å². The Morgan fingerprint density at radius 3 is 2.31 bits per heavy atom. The van der Waals surface area contributed by atoms with E-state index in [4.69, 9.17) is 0 Å². The molecule has 0 radical (unpaired) electrons. The van der Waals surface area contributed by atoms with Crippen molar-refractivity contribution < 1.29 is 4.58 Å². The van der Waals surface area contributed by atoms with Crippen LogP contribution in [0.1, 0.15) is 27.7 Å². The fourth-order valence-electron chi connectivity index (χ4n) is 1.94. The Kier molecular flexibility index (Phi) is 2.18. The molecule has 0 N–H and O–H groups in total. The number of hydrogen-bond acceptors (Lipinski definition) is 1. The van der Waals surface area contributed by atoms with Crippen LogP contribution in [0.15, 0.2) is 17.6 Å². The lowest BCUT2D eigenvalue weighted by molar-refractivity contribution is -0.540. The second-order valence-electron chi connectivity index (χ2n) is 4.31. The summed E-state index contributed by atoms with van der Waals surface area (Å²) >= 11 is 0. The summed E-state index contributed by atoms with van der Waals surface area (Å²) in [6, 6.07) is 0. The van der Waals surface area contributed by atoms with Crippen molar-refractivity contribution in [1.29, 1.82) is 0 Å². The summed E-state index contributed by atoms with van der Waals surface area (Å²) in [6.07, 6.45) is 3.88. The van der Waals surface area contributed by atoms with Gasteiger partial charge in [-0.3, -0.25) is 0 Å². The molecule has 0 amide bonds. The van der Waals surface area contributed by atoms with E-state index in [9.17, 15) is 0 Å². The maximum Gasteiger partial charge on any atom is 0.280 e. The molecule has 0 bridgehead atoms. The first-order valence-corrected chi connectivity index (χ1v) is 4.61. The first-order chi connectivity index (χ1) is 5.91. The van der Waals surface area contributed by atoms with Gasteiger partial charge >= 0.3 is 0 Å². The first-order valence-electron chi connectivity index (χ1n) is 4.61. The predicted molar refractivity (Wildman–Crippen MR) is 57.7 cm³/mol. The van der Waals surface area contributed by atoms with E-state index in [1.165, 1.54) is 5.71 Å². The van der Waals surface area contributed by atoms with E-state index in [0.717, 1.165) is 0 Å². The van der Waals surface area contributed by atoms with Gasteiger partial charge in [-0.05, 0) is 33.8 Å². The Morgan fingerprint density at radius 2 is 1.92 bits per heavy atom. The van der Waals surface area contributed by atoms with Gasteiger partial charge in [0.25, 0.3) is 6.34 Å². The van der Waals surface area contributed by atoms with Crippen molar-refractivity contribution in [3.8, 4) is 0 Å². The molecule has 0 aliphatic carbocycles. The van der Waals surface area contributed by atoms with Crippen molar-refractivity contribution in [2.24, 2.45) is 10.4 Å². The zero-order valence-electron chi connectivity index (χ0n) is 9.26. The lowest BCUT2D eigenvalue weighted by Gasteiger charge is -2.49. The Bertz CT molecular complexity index is 297. The Morgan fingerprint density at radius 1 is 1.38 bits per heavy atom. The van der Waals surface area contributed by atoms with Crippen molar-refractivity contribution >= 4 is 12.1 Å². The summed E-state index contributed by atoms with van der Waals surface area (Å²) in [6.45, 7) is 12.7. The fourth-order valence-corrected chi connectivity index (χ4v) is 1.94. The molecule has 72 valence electrons. The summed E-state index contributed by atoms with van der Waals surface area (Å²) in [4.78, 5) is 4.05. The van der Waals surface area contributed by atoms with Gasteiger partial charge < -0.3 is 0 Å². The third-order valence-electron chi connectivity index (χ3n) is 3.66. The summed E-state index contributed by atoms with van der Waals surface area (Å²) in [5.41, 5.74) is 1.55. The molecule has 0 saturated heterocycles. The van der Waals surface area contributed by atoms with Gasteiger partial charge in [-0.15, -0.1) is 0 Å². The average Bonchev–Trinajstić information content (AvgIpc) is 2.11. The highest BCUT2D eigenvalue weighted by molar-refractivity contribution is 5.91. The average molecular weight is 179 g/mol. The molecule has 0 aromatic heterocycles. The molecule has 0 fully saturated rings. The molecule has 1 atom stereocenters. The number of nitrogens with zero attached hydrogens (tertiary/aromatic N) is 2. The highest BCUT2D eigenvalue weighted by Gasteiger charge is 2.57. The van der Waals surface area contributed by atoms with Crippen LogP contribution in [0.3, 0.4) is 0 Å². The van der Waals surface area contributed by atoms with E-state index in [0.29, 0.717) is 0 Å². The Labute approximate surface area is 80.7 Å². The van der Waals surface area contributed by atoms with E-state index in [2.05, 4.69) is 43.8 Å². The van der Waals surface area contributed by atoms with Gasteiger partial charge in [-0.25, -0.2) is 4.58 Å². The summed E-state index contributed by atoms with van der Waals surface area (Å²) in [5.74, 6) is 0. The topological polar surface area (TPSA) is 15.4 Å². The van der Waals surface area contributed by atoms with Crippen LogP contribution in [0, 0.1) is 5.41 Å². The Hall–Kier alpha value is -0.920. The minimum atomic E-state index is 0.0105. The van der Waals surface area contributed by atoms with Crippen LogP contribution in [0.25, 0.3) is 0 Å². The van der Waals surface area contributed by atoms with Crippen LogP contribution in [-0.2, 0) is 0 Å². The van der Waals surface area contributed by atoms with E-state index >= 15 is 0 Å². The van der Waals surface area contributed by atoms with Gasteiger partial charge in [0, 0.05) is 0 Å². The van der Waals surface area contributed by atoms with Gasteiger partial charge in [-0.2, -0.15) is 0 Å². The van der Waals surface area contributed by atoms with E-state index in [1.54, 1.807) is 7.05 Å². The third-order valence-corrected chi connectivity index (χ3v) is 3.66. The monoisotopic (exact) mass is 179 g/mol. The van der Waals surface area contributed by atoms with Crippen LogP contribution in [0.2, 0.25) is 0 Å². The number of rotatable bonds is 2. The maximum atomic E-state index is 4.05. The quantitative estimate of drug-likeness (QED) is 0.267. The standard InChI is InChI=1S/C11H19N2/c1-7-11(5)10(3,4)9(2)13(11)8-12-6/h7-8H,1H2,2-6H3/q+1/b12-8-. The molecule has 0 aromatic rings. The minimum absolute atomic E-state index is 0.0105. The lowest BCUT2D eigenvalue weighted by Crippen LogP contribution is -2.65. The van der Waals surface area contributed by atoms with Crippen molar-refractivity contribution in [3.05, 3.63) is 12.7 Å². The normalized spacial score (nSPS) is 32.1. The maximum absolute atomic E-state index is 4.05. The van der Waals surface area contributed by atoms with E-state index in [1.807, 2.05) is 12.4 Å². The second kappa shape index (κ2) is 2.79. The second-order valence-corrected chi connectivity index (χ2v) is 4.31. The van der Waals surface area contributed by atoms with Crippen molar-refractivity contribution in [3.63, 3.8) is 0 Å². The highest BCUT2D eigenvalue weighted by atomic mass is 15.2. The van der Waals surface area contributed by atoms with Crippen LogP contribution in [0.4, 0.5) is 0 Å². The molecular weight excluding hydrogens is 160 g/mol. The van der Waals surface area contributed by atoms with Gasteiger partial charge in [0.1, 0.15) is 12.6 Å². The van der Waals surface area contributed by atoms with Crippen LogP contribution in [-0.4, -0.2) is 29.2 Å². The summed E-state index contributed by atoms with van der Waals surface area (Å²) in [5, 5.41) is 0.